The summed E-state index contributed by atoms with van der Waals surface area (Å²) in [6.07, 6.45) is 4.79. The second kappa shape index (κ2) is 11.9. The topological polar surface area (TPSA) is 69.2 Å². The molecule has 2 heterocycles. The van der Waals surface area contributed by atoms with Crippen LogP contribution in [0.5, 0.6) is 0 Å². The smallest absolute Gasteiger partial charge is 0.410 e. The van der Waals surface area contributed by atoms with E-state index in [4.69, 9.17) is 4.74 Å². The number of guanidine groups is 1. The van der Waals surface area contributed by atoms with Gasteiger partial charge in [0.25, 0.3) is 0 Å². The number of ether oxygens (including phenoxy) is 1. The summed E-state index contributed by atoms with van der Waals surface area (Å²) in [7, 11) is 0. The molecule has 2 fully saturated rings. The summed E-state index contributed by atoms with van der Waals surface area (Å²) in [6.45, 7) is 14.5. The predicted molar refractivity (Wildman–Crippen MR) is 121 cm³/mol. The van der Waals surface area contributed by atoms with E-state index in [0.29, 0.717) is 13.1 Å². The van der Waals surface area contributed by atoms with Gasteiger partial charge in [-0.15, -0.1) is 24.0 Å². The van der Waals surface area contributed by atoms with E-state index >= 15 is 0 Å². The van der Waals surface area contributed by atoms with Gasteiger partial charge in [0.05, 0.1) is 6.04 Å². The zero-order chi connectivity index (χ0) is 19.0. The molecule has 0 radical (unpaired) electrons. The van der Waals surface area contributed by atoms with E-state index in [9.17, 15) is 4.79 Å². The number of nitrogens with zero attached hydrogens (tertiary/aromatic N) is 3. The molecule has 2 N–H and O–H groups in total. The van der Waals surface area contributed by atoms with Gasteiger partial charge in [0, 0.05) is 26.2 Å². The lowest BCUT2D eigenvalue weighted by Gasteiger charge is -2.40. The fourth-order valence-electron chi connectivity index (χ4n) is 3.20. The number of hydrogen-bond acceptors (Lipinski definition) is 4. The SMILES string of the molecule is CCNC(=NCCCCN1CCCC1)NC1CN(C(=O)OC(C)(C)C)C1.I. The molecule has 8 heteroatoms. The van der Waals surface area contributed by atoms with Gasteiger partial charge in [-0.2, -0.15) is 0 Å². The van der Waals surface area contributed by atoms with Crippen LogP contribution in [-0.2, 0) is 4.74 Å². The predicted octanol–water partition coefficient (Wildman–Crippen LogP) is 2.65. The fourth-order valence-corrected chi connectivity index (χ4v) is 3.20. The van der Waals surface area contributed by atoms with E-state index in [1.54, 1.807) is 4.90 Å². The fraction of sp³-hybridized carbons (Fsp3) is 0.895. The maximum absolute atomic E-state index is 12.0. The van der Waals surface area contributed by atoms with Crippen LogP contribution in [0.1, 0.15) is 53.4 Å². The Morgan fingerprint density at radius 3 is 2.44 bits per heavy atom. The first-order valence-corrected chi connectivity index (χ1v) is 10.1. The van der Waals surface area contributed by atoms with Crippen LogP contribution >= 0.6 is 24.0 Å². The van der Waals surface area contributed by atoms with Crippen molar-refractivity contribution >= 4 is 36.0 Å². The molecule has 158 valence electrons. The van der Waals surface area contributed by atoms with Gasteiger partial charge in [0.2, 0.25) is 0 Å². The molecule has 2 aliphatic rings. The molecule has 27 heavy (non-hydrogen) atoms. The van der Waals surface area contributed by atoms with Gasteiger partial charge >= 0.3 is 6.09 Å². The highest BCUT2D eigenvalue weighted by Crippen LogP contribution is 2.15. The van der Waals surface area contributed by atoms with Gasteiger partial charge in [-0.1, -0.05) is 0 Å². The Labute approximate surface area is 181 Å². The van der Waals surface area contributed by atoms with Crippen molar-refractivity contribution in [2.75, 3.05) is 45.8 Å². The average molecular weight is 495 g/mol. The third kappa shape index (κ3) is 9.32. The number of hydrogen-bond donors (Lipinski definition) is 2. The first kappa shape index (κ1) is 24.3. The number of carbonyl (C=O) groups is 1. The summed E-state index contributed by atoms with van der Waals surface area (Å²) in [5.74, 6) is 0.850. The lowest BCUT2D eigenvalue weighted by Crippen LogP contribution is -2.63. The third-order valence-electron chi connectivity index (χ3n) is 4.57. The minimum atomic E-state index is -0.443. The monoisotopic (exact) mass is 495 g/mol. The maximum Gasteiger partial charge on any atom is 0.410 e. The van der Waals surface area contributed by atoms with Crippen molar-refractivity contribution in [2.24, 2.45) is 4.99 Å². The van der Waals surface area contributed by atoms with E-state index in [0.717, 1.165) is 25.5 Å². The van der Waals surface area contributed by atoms with E-state index in [2.05, 4.69) is 27.4 Å². The second-order valence-corrected chi connectivity index (χ2v) is 8.24. The standard InChI is InChI=1S/C19H37N5O2.HI/c1-5-20-17(21-10-6-7-11-23-12-8-9-13-23)22-16-14-24(15-16)18(25)26-19(2,3)4;/h16H,5-15H2,1-4H3,(H2,20,21,22);1H. The molecule has 1 amide bonds. The molecule has 0 aromatic rings. The highest BCUT2D eigenvalue weighted by molar-refractivity contribution is 14.0. The summed E-state index contributed by atoms with van der Waals surface area (Å²) < 4.78 is 5.39. The van der Waals surface area contributed by atoms with Crippen LogP contribution in [0.15, 0.2) is 4.99 Å². The molecular weight excluding hydrogens is 457 g/mol. The molecule has 2 aliphatic heterocycles. The molecule has 0 bridgehead atoms. The van der Waals surface area contributed by atoms with E-state index in [1.165, 1.54) is 38.9 Å². The van der Waals surface area contributed by atoms with Crippen molar-refractivity contribution in [3.8, 4) is 0 Å². The van der Waals surface area contributed by atoms with Crippen LogP contribution in [0.4, 0.5) is 4.79 Å². The Balaban J connectivity index is 0.00000364. The van der Waals surface area contributed by atoms with Gasteiger partial charge in [-0.05, 0) is 73.0 Å². The number of carbonyl (C=O) groups excluding carboxylic acids is 1. The van der Waals surface area contributed by atoms with Gasteiger partial charge in [-0.3, -0.25) is 4.99 Å². The molecule has 0 aliphatic carbocycles. The molecule has 0 spiro atoms. The molecule has 0 aromatic carbocycles. The van der Waals surface area contributed by atoms with Crippen molar-refractivity contribution in [3.05, 3.63) is 0 Å². The first-order chi connectivity index (χ1) is 12.4. The van der Waals surface area contributed by atoms with Crippen molar-refractivity contribution < 1.29 is 9.53 Å². The number of amides is 1. The lowest BCUT2D eigenvalue weighted by molar-refractivity contribution is 0.00701. The molecule has 0 saturated carbocycles. The number of halogens is 1. The highest BCUT2D eigenvalue weighted by atomic mass is 127. The van der Waals surface area contributed by atoms with Crippen molar-refractivity contribution in [3.63, 3.8) is 0 Å². The number of aliphatic imine (C=N–C) groups is 1. The molecule has 0 aromatic heterocycles. The summed E-state index contributed by atoms with van der Waals surface area (Å²) in [5.41, 5.74) is -0.443. The van der Waals surface area contributed by atoms with Crippen LogP contribution in [0, 0.1) is 0 Å². The Bertz CT molecular complexity index is 469. The average Bonchev–Trinajstić information content (AvgIpc) is 3.01. The molecule has 7 nitrogen and oxygen atoms in total. The highest BCUT2D eigenvalue weighted by Gasteiger charge is 2.34. The van der Waals surface area contributed by atoms with E-state index < -0.39 is 5.60 Å². The van der Waals surface area contributed by atoms with Gasteiger partial charge in [0.15, 0.2) is 5.96 Å². The van der Waals surface area contributed by atoms with Gasteiger partial charge in [0.1, 0.15) is 5.60 Å². The minimum Gasteiger partial charge on any atom is -0.444 e. The van der Waals surface area contributed by atoms with Crippen LogP contribution in [0.2, 0.25) is 0 Å². The van der Waals surface area contributed by atoms with Gasteiger partial charge < -0.3 is 25.2 Å². The molecule has 0 atom stereocenters. The minimum absolute atomic E-state index is 0. The summed E-state index contributed by atoms with van der Waals surface area (Å²) >= 11 is 0. The number of unbranched alkanes of at least 4 members (excludes halogenated alkanes) is 1. The number of rotatable bonds is 7. The second-order valence-electron chi connectivity index (χ2n) is 8.24. The number of nitrogens with one attached hydrogen (secondary N) is 2. The Kier molecular flexibility index (Phi) is 10.7. The Morgan fingerprint density at radius 1 is 1.19 bits per heavy atom. The van der Waals surface area contributed by atoms with Crippen molar-refractivity contribution in [2.45, 2.75) is 65.0 Å². The zero-order valence-corrected chi connectivity index (χ0v) is 19.8. The quantitative estimate of drug-likeness (QED) is 0.246. The molecule has 2 saturated heterocycles. The van der Waals surface area contributed by atoms with Crippen LogP contribution in [0.25, 0.3) is 0 Å². The maximum atomic E-state index is 12.0. The molecule has 0 unspecified atom stereocenters. The summed E-state index contributed by atoms with van der Waals surface area (Å²) in [4.78, 5) is 20.9. The van der Waals surface area contributed by atoms with Crippen molar-refractivity contribution in [1.82, 2.24) is 20.4 Å². The lowest BCUT2D eigenvalue weighted by atomic mass is 10.1. The Morgan fingerprint density at radius 2 is 1.85 bits per heavy atom. The Hall–Kier alpha value is -0.770. The van der Waals surface area contributed by atoms with Gasteiger partial charge in [-0.25, -0.2) is 4.79 Å². The number of likely N-dealkylation sites (tertiary alicyclic amines) is 2. The van der Waals surface area contributed by atoms with E-state index in [-0.39, 0.29) is 36.1 Å². The van der Waals surface area contributed by atoms with Crippen molar-refractivity contribution in [1.29, 1.82) is 0 Å². The van der Waals surface area contributed by atoms with E-state index in [1.807, 2.05) is 20.8 Å². The molecule has 2 rings (SSSR count). The normalized spacial score (nSPS) is 18.7. The summed E-state index contributed by atoms with van der Waals surface area (Å²) in [6, 6.07) is 0.241. The van der Waals surface area contributed by atoms with Crippen LogP contribution in [-0.4, -0.2) is 79.3 Å². The van der Waals surface area contributed by atoms with Crippen LogP contribution < -0.4 is 10.6 Å². The zero-order valence-electron chi connectivity index (χ0n) is 17.4. The first-order valence-electron chi connectivity index (χ1n) is 10.1. The third-order valence-corrected chi connectivity index (χ3v) is 4.57. The van der Waals surface area contributed by atoms with Crippen LogP contribution in [0.3, 0.4) is 0 Å². The summed E-state index contributed by atoms with van der Waals surface area (Å²) in [5, 5.41) is 6.70. The largest absolute Gasteiger partial charge is 0.444 e. The molecular formula is C19H38IN5O2.